The highest BCUT2D eigenvalue weighted by molar-refractivity contribution is 6.36. The first-order valence-corrected chi connectivity index (χ1v) is 7.07. The van der Waals surface area contributed by atoms with Crippen molar-refractivity contribution in [2.75, 3.05) is 19.6 Å². The van der Waals surface area contributed by atoms with Gasteiger partial charge < -0.3 is 16.0 Å². The standard InChI is InChI=1S/C14H15Cl2N3O3/c1-2-5-17-12(20)7-18-13(21)8-19-14(22)10-4-3-9(15)6-11(10)16/h2-4,6H,1,5,7-8H2,(H,17,20)(H,18,21)(H,19,22). The minimum atomic E-state index is -0.507. The molecule has 1 aromatic carbocycles. The summed E-state index contributed by atoms with van der Waals surface area (Å²) in [6, 6.07) is 4.41. The van der Waals surface area contributed by atoms with Crippen molar-refractivity contribution in [2.45, 2.75) is 0 Å². The largest absolute Gasteiger partial charge is 0.351 e. The van der Waals surface area contributed by atoms with Gasteiger partial charge in [0.25, 0.3) is 5.91 Å². The number of nitrogens with one attached hydrogen (secondary N) is 3. The predicted octanol–water partition coefficient (Wildman–Crippen LogP) is 1.14. The summed E-state index contributed by atoms with van der Waals surface area (Å²) >= 11 is 11.6. The minimum Gasteiger partial charge on any atom is -0.351 e. The van der Waals surface area contributed by atoms with Crippen LogP contribution < -0.4 is 16.0 Å². The molecule has 118 valence electrons. The summed E-state index contributed by atoms with van der Waals surface area (Å²) in [4.78, 5) is 34.6. The molecule has 0 radical (unpaired) electrons. The van der Waals surface area contributed by atoms with E-state index in [0.29, 0.717) is 11.6 Å². The molecule has 0 heterocycles. The third kappa shape index (κ3) is 6.15. The van der Waals surface area contributed by atoms with E-state index in [4.69, 9.17) is 23.2 Å². The van der Waals surface area contributed by atoms with Crippen molar-refractivity contribution < 1.29 is 14.4 Å². The van der Waals surface area contributed by atoms with Crippen molar-refractivity contribution in [2.24, 2.45) is 0 Å². The fourth-order valence-electron chi connectivity index (χ4n) is 1.42. The second kappa shape index (κ2) is 9.07. The van der Waals surface area contributed by atoms with Crippen molar-refractivity contribution >= 4 is 40.9 Å². The molecule has 1 rings (SSSR count). The molecule has 8 heteroatoms. The maximum absolute atomic E-state index is 11.9. The monoisotopic (exact) mass is 343 g/mol. The van der Waals surface area contributed by atoms with E-state index >= 15 is 0 Å². The van der Waals surface area contributed by atoms with E-state index < -0.39 is 11.8 Å². The SMILES string of the molecule is C=CCNC(=O)CNC(=O)CNC(=O)c1ccc(Cl)cc1Cl. The van der Waals surface area contributed by atoms with Crippen molar-refractivity contribution in [1.82, 2.24) is 16.0 Å². The van der Waals surface area contributed by atoms with E-state index in [1.807, 2.05) is 0 Å². The Labute approximate surface area is 137 Å². The summed E-state index contributed by atoms with van der Waals surface area (Å²) < 4.78 is 0. The highest BCUT2D eigenvalue weighted by Gasteiger charge is 2.12. The Morgan fingerprint density at radius 1 is 1.05 bits per heavy atom. The first-order valence-electron chi connectivity index (χ1n) is 6.31. The van der Waals surface area contributed by atoms with Crippen molar-refractivity contribution in [3.05, 3.63) is 46.5 Å². The lowest BCUT2D eigenvalue weighted by Crippen LogP contribution is -2.42. The Bertz CT molecular complexity index is 591. The Hall–Kier alpha value is -2.05. The van der Waals surface area contributed by atoms with Gasteiger partial charge in [0, 0.05) is 11.6 Å². The molecular formula is C14H15Cl2N3O3. The molecule has 0 atom stereocenters. The number of carbonyl (C=O) groups is 3. The zero-order valence-corrected chi connectivity index (χ0v) is 13.1. The normalized spacial score (nSPS) is 9.73. The molecule has 0 bridgehead atoms. The number of hydrogen-bond donors (Lipinski definition) is 3. The quantitative estimate of drug-likeness (QED) is 0.649. The van der Waals surface area contributed by atoms with Crippen LogP contribution in [0, 0.1) is 0 Å². The number of hydrogen-bond acceptors (Lipinski definition) is 3. The molecule has 0 aliphatic rings. The van der Waals surface area contributed by atoms with Gasteiger partial charge in [-0.3, -0.25) is 14.4 Å². The van der Waals surface area contributed by atoms with Crippen molar-refractivity contribution in [1.29, 1.82) is 0 Å². The fourth-order valence-corrected chi connectivity index (χ4v) is 1.91. The molecule has 0 aliphatic carbocycles. The zero-order valence-electron chi connectivity index (χ0n) is 11.6. The summed E-state index contributed by atoms with van der Waals surface area (Å²) in [6.07, 6.45) is 1.52. The Morgan fingerprint density at radius 3 is 2.32 bits per heavy atom. The summed E-state index contributed by atoms with van der Waals surface area (Å²) in [6.45, 7) is 3.32. The van der Waals surface area contributed by atoms with Gasteiger partial charge in [-0.15, -0.1) is 6.58 Å². The highest BCUT2D eigenvalue weighted by Crippen LogP contribution is 2.20. The topological polar surface area (TPSA) is 87.3 Å². The number of benzene rings is 1. The van der Waals surface area contributed by atoms with Crippen LogP contribution in [0.3, 0.4) is 0 Å². The molecule has 0 spiro atoms. The number of carbonyl (C=O) groups excluding carboxylic acids is 3. The van der Waals surface area contributed by atoms with E-state index in [2.05, 4.69) is 22.5 Å². The second-order valence-electron chi connectivity index (χ2n) is 4.18. The number of amides is 3. The van der Waals surface area contributed by atoms with Gasteiger partial charge in [0.2, 0.25) is 11.8 Å². The Balaban J connectivity index is 2.39. The van der Waals surface area contributed by atoms with Crippen molar-refractivity contribution in [3.63, 3.8) is 0 Å². The highest BCUT2D eigenvalue weighted by atomic mass is 35.5. The molecule has 3 amide bonds. The first kappa shape index (κ1) is 18.0. The molecule has 22 heavy (non-hydrogen) atoms. The summed E-state index contributed by atoms with van der Waals surface area (Å²) in [5, 5.41) is 7.87. The summed E-state index contributed by atoms with van der Waals surface area (Å²) in [7, 11) is 0. The molecule has 6 nitrogen and oxygen atoms in total. The first-order chi connectivity index (χ1) is 10.4. The lowest BCUT2D eigenvalue weighted by molar-refractivity contribution is -0.125. The van der Waals surface area contributed by atoms with Crippen LogP contribution in [0.1, 0.15) is 10.4 Å². The molecule has 0 saturated carbocycles. The summed E-state index contributed by atoms with van der Waals surface area (Å²) in [5.41, 5.74) is 0.211. The van der Waals surface area contributed by atoms with Crippen LogP contribution in [0.15, 0.2) is 30.9 Å². The maximum atomic E-state index is 11.9. The van der Waals surface area contributed by atoms with Crippen molar-refractivity contribution in [3.8, 4) is 0 Å². The van der Waals surface area contributed by atoms with Gasteiger partial charge >= 0.3 is 0 Å². The van der Waals surface area contributed by atoms with Gasteiger partial charge in [0.15, 0.2) is 0 Å². The van der Waals surface area contributed by atoms with Gasteiger partial charge in [-0.25, -0.2) is 0 Å². The second-order valence-corrected chi connectivity index (χ2v) is 5.02. The number of halogens is 2. The van der Waals surface area contributed by atoms with E-state index in [9.17, 15) is 14.4 Å². The van der Waals surface area contributed by atoms with Gasteiger partial charge in [0.05, 0.1) is 23.7 Å². The van der Waals surface area contributed by atoms with Gasteiger partial charge in [-0.05, 0) is 18.2 Å². The van der Waals surface area contributed by atoms with Crippen LogP contribution in [0.25, 0.3) is 0 Å². The molecule has 0 saturated heterocycles. The average molecular weight is 344 g/mol. The smallest absolute Gasteiger partial charge is 0.253 e. The fraction of sp³-hybridized carbons (Fsp3) is 0.214. The van der Waals surface area contributed by atoms with Gasteiger partial charge in [0.1, 0.15) is 0 Å². The van der Waals surface area contributed by atoms with E-state index in [1.165, 1.54) is 24.3 Å². The van der Waals surface area contributed by atoms with Crippen LogP contribution in [0.5, 0.6) is 0 Å². The molecule has 0 aromatic heterocycles. The molecular weight excluding hydrogens is 329 g/mol. The summed E-state index contributed by atoms with van der Waals surface area (Å²) in [5.74, 6) is -1.35. The Morgan fingerprint density at radius 2 is 1.68 bits per heavy atom. The molecule has 0 aliphatic heterocycles. The van der Waals surface area contributed by atoms with E-state index in [1.54, 1.807) is 0 Å². The third-order valence-corrected chi connectivity index (χ3v) is 3.02. The minimum absolute atomic E-state index is 0.176. The third-order valence-electron chi connectivity index (χ3n) is 2.47. The van der Waals surface area contributed by atoms with Crippen LogP contribution in [-0.4, -0.2) is 37.4 Å². The number of rotatable bonds is 7. The van der Waals surface area contributed by atoms with Crippen LogP contribution in [0.2, 0.25) is 10.0 Å². The van der Waals surface area contributed by atoms with Gasteiger partial charge in [-0.2, -0.15) is 0 Å². The average Bonchev–Trinajstić information content (AvgIpc) is 2.48. The molecule has 0 fully saturated rings. The molecule has 1 aromatic rings. The lowest BCUT2D eigenvalue weighted by Gasteiger charge is -2.08. The predicted molar refractivity (Wildman–Crippen MR) is 85.0 cm³/mol. The van der Waals surface area contributed by atoms with E-state index in [-0.39, 0.29) is 29.6 Å². The zero-order chi connectivity index (χ0) is 16.5. The maximum Gasteiger partial charge on any atom is 0.253 e. The van der Waals surface area contributed by atoms with Crippen LogP contribution in [0.4, 0.5) is 0 Å². The van der Waals surface area contributed by atoms with Crippen LogP contribution in [-0.2, 0) is 9.59 Å². The van der Waals surface area contributed by atoms with Gasteiger partial charge in [-0.1, -0.05) is 29.3 Å². The lowest BCUT2D eigenvalue weighted by atomic mass is 10.2. The molecule has 3 N–H and O–H groups in total. The van der Waals surface area contributed by atoms with E-state index in [0.717, 1.165) is 0 Å². The van der Waals surface area contributed by atoms with Crippen LogP contribution >= 0.6 is 23.2 Å². The Kier molecular flexibility index (Phi) is 7.42. The molecule has 0 unspecified atom stereocenters.